The number of aryl methyl sites for hydroxylation is 1. The first-order valence-corrected chi connectivity index (χ1v) is 5.68. The molecule has 0 fully saturated rings. The van der Waals surface area contributed by atoms with Gasteiger partial charge < -0.3 is 0 Å². The van der Waals surface area contributed by atoms with E-state index in [1.807, 2.05) is 31.2 Å². The first kappa shape index (κ1) is 10.6. The van der Waals surface area contributed by atoms with E-state index in [0.29, 0.717) is 17.8 Å². The van der Waals surface area contributed by atoms with Gasteiger partial charge in [0.05, 0.1) is 5.88 Å². The molecule has 4 heteroatoms. The van der Waals surface area contributed by atoms with E-state index in [1.54, 1.807) is 0 Å². The average molecular weight is 218 g/mol. The molecule has 0 spiro atoms. The normalized spacial score (nSPS) is 11.4. The Hall–Kier alpha value is -0.430. The lowest BCUT2D eigenvalue weighted by atomic mass is 10.2. The Labute approximate surface area is 83.7 Å². The van der Waals surface area contributed by atoms with Gasteiger partial charge in [-0.3, -0.25) is 0 Å². The molecular formula is C9H11ClO2P+. The zero-order chi connectivity index (χ0) is 9.68. The van der Waals surface area contributed by atoms with Gasteiger partial charge in [-0.2, -0.15) is 0 Å². The Balaban J connectivity index is 2.61. The molecule has 2 nitrogen and oxygen atoms in total. The first-order chi connectivity index (χ1) is 6.24. The van der Waals surface area contributed by atoms with Crippen LogP contribution >= 0.6 is 19.6 Å². The van der Waals surface area contributed by atoms with Gasteiger partial charge in [-0.05, 0) is 23.6 Å². The third-order valence-electron chi connectivity index (χ3n) is 1.53. The third-order valence-corrected chi connectivity index (χ3v) is 2.82. The van der Waals surface area contributed by atoms with Crippen molar-refractivity contribution in [2.24, 2.45) is 0 Å². The van der Waals surface area contributed by atoms with Crippen molar-refractivity contribution in [3.05, 3.63) is 29.8 Å². The van der Waals surface area contributed by atoms with Crippen LogP contribution in [0.15, 0.2) is 24.3 Å². The van der Waals surface area contributed by atoms with E-state index >= 15 is 0 Å². The monoisotopic (exact) mass is 217 g/mol. The van der Waals surface area contributed by atoms with Gasteiger partial charge >= 0.3 is 8.03 Å². The van der Waals surface area contributed by atoms with Gasteiger partial charge in [-0.25, -0.2) is 0 Å². The maximum Gasteiger partial charge on any atom is 0.548 e. The van der Waals surface area contributed by atoms with Crippen molar-refractivity contribution in [2.45, 2.75) is 6.92 Å². The van der Waals surface area contributed by atoms with Crippen LogP contribution in [0.4, 0.5) is 0 Å². The second-order valence-electron chi connectivity index (χ2n) is 2.61. The third kappa shape index (κ3) is 3.43. The van der Waals surface area contributed by atoms with Gasteiger partial charge in [0, 0.05) is 0 Å². The molecular weight excluding hydrogens is 207 g/mol. The highest BCUT2D eigenvalue weighted by molar-refractivity contribution is 7.48. The molecule has 13 heavy (non-hydrogen) atoms. The van der Waals surface area contributed by atoms with E-state index in [-0.39, 0.29) is 0 Å². The molecule has 0 aliphatic rings. The highest BCUT2D eigenvalue weighted by atomic mass is 35.5. The average Bonchev–Trinajstić information content (AvgIpc) is 2.15. The Morgan fingerprint density at radius 1 is 1.38 bits per heavy atom. The molecule has 0 radical (unpaired) electrons. The van der Waals surface area contributed by atoms with E-state index in [0.717, 1.165) is 5.56 Å². The molecule has 1 aromatic rings. The van der Waals surface area contributed by atoms with Crippen molar-refractivity contribution in [2.75, 3.05) is 12.5 Å². The highest BCUT2D eigenvalue weighted by Gasteiger charge is 2.20. The first-order valence-electron chi connectivity index (χ1n) is 3.97. The van der Waals surface area contributed by atoms with Gasteiger partial charge in [-0.1, -0.05) is 17.7 Å². The smallest absolute Gasteiger partial charge is 0.141 e. The second kappa shape index (κ2) is 5.33. The lowest BCUT2D eigenvalue weighted by Crippen LogP contribution is -1.99. The molecule has 1 atom stereocenters. The fourth-order valence-electron chi connectivity index (χ4n) is 0.858. The Kier molecular flexibility index (Phi) is 4.37. The number of rotatable bonds is 4. The van der Waals surface area contributed by atoms with Gasteiger partial charge in [-0.15, -0.1) is 16.1 Å². The number of hydrogen-bond donors (Lipinski definition) is 0. The van der Waals surface area contributed by atoms with Crippen molar-refractivity contribution in [3.8, 4) is 0 Å². The summed E-state index contributed by atoms with van der Waals surface area (Å²) < 4.78 is 16.4. The SMILES string of the molecule is Cc1ccc([P+](=O)OCCCl)cc1. The van der Waals surface area contributed by atoms with Gasteiger partial charge in [0.15, 0.2) is 0 Å². The molecule has 1 aromatic carbocycles. The van der Waals surface area contributed by atoms with E-state index < -0.39 is 8.03 Å². The second-order valence-corrected chi connectivity index (χ2v) is 4.28. The molecule has 0 amide bonds. The molecule has 0 aliphatic carbocycles. The van der Waals surface area contributed by atoms with Crippen LogP contribution in [0.5, 0.6) is 0 Å². The summed E-state index contributed by atoms with van der Waals surface area (Å²) in [6.07, 6.45) is 0. The topological polar surface area (TPSA) is 26.3 Å². The lowest BCUT2D eigenvalue weighted by Gasteiger charge is -1.89. The summed E-state index contributed by atoms with van der Waals surface area (Å²) in [6.45, 7) is 2.31. The van der Waals surface area contributed by atoms with Gasteiger partial charge in [0.25, 0.3) is 0 Å². The van der Waals surface area contributed by atoms with Crippen molar-refractivity contribution in [1.29, 1.82) is 0 Å². The van der Waals surface area contributed by atoms with Crippen LogP contribution < -0.4 is 5.30 Å². The van der Waals surface area contributed by atoms with Crippen molar-refractivity contribution < 1.29 is 9.09 Å². The minimum Gasteiger partial charge on any atom is -0.141 e. The van der Waals surface area contributed by atoms with E-state index in [1.165, 1.54) is 0 Å². The molecule has 0 N–H and O–H groups in total. The molecule has 0 aliphatic heterocycles. The predicted octanol–water partition coefficient (Wildman–Crippen LogP) is 2.62. The number of halogens is 1. The zero-order valence-corrected chi connectivity index (χ0v) is 9.02. The maximum absolute atomic E-state index is 11.4. The fourth-order valence-corrected chi connectivity index (χ4v) is 1.84. The zero-order valence-electron chi connectivity index (χ0n) is 7.37. The van der Waals surface area contributed by atoms with Crippen LogP contribution in [-0.4, -0.2) is 12.5 Å². The summed E-state index contributed by atoms with van der Waals surface area (Å²) in [4.78, 5) is 0. The van der Waals surface area contributed by atoms with Gasteiger partial charge in [0.1, 0.15) is 6.61 Å². The lowest BCUT2D eigenvalue weighted by molar-refractivity contribution is 0.359. The Bertz CT molecular complexity index is 284. The molecule has 0 saturated carbocycles. The van der Waals surface area contributed by atoms with Crippen molar-refractivity contribution >= 4 is 24.9 Å². The molecule has 0 saturated heterocycles. The minimum atomic E-state index is -1.73. The molecule has 1 rings (SSSR count). The van der Waals surface area contributed by atoms with Gasteiger partial charge in [0.2, 0.25) is 5.30 Å². The largest absolute Gasteiger partial charge is 0.548 e. The molecule has 1 unspecified atom stereocenters. The summed E-state index contributed by atoms with van der Waals surface area (Å²) in [5.74, 6) is 0.368. The van der Waals surface area contributed by atoms with E-state index in [2.05, 4.69) is 0 Å². The molecule has 0 bridgehead atoms. The Morgan fingerprint density at radius 3 is 2.54 bits per heavy atom. The van der Waals surface area contributed by atoms with Crippen LogP contribution in [-0.2, 0) is 9.09 Å². The van der Waals surface area contributed by atoms with Crippen LogP contribution in [0.2, 0.25) is 0 Å². The number of alkyl halides is 1. The van der Waals surface area contributed by atoms with Crippen LogP contribution in [0.25, 0.3) is 0 Å². The highest BCUT2D eigenvalue weighted by Crippen LogP contribution is 2.21. The van der Waals surface area contributed by atoms with Crippen molar-refractivity contribution in [1.82, 2.24) is 0 Å². The number of benzene rings is 1. The summed E-state index contributed by atoms with van der Waals surface area (Å²) in [5, 5.41) is 0.714. The quantitative estimate of drug-likeness (QED) is 0.573. The minimum absolute atomic E-state index is 0.324. The van der Waals surface area contributed by atoms with E-state index in [9.17, 15) is 4.57 Å². The standard InChI is InChI=1S/C9H11ClO2P/c1-8-2-4-9(5-3-8)13(11)12-7-6-10/h2-5H,6-7H2,1H3/q+1. The van der Waals surface area contributed by atoms with Crippen LogP contribution in [0.3, 0.4) is 0 Å². The Morgan fingerprint density at radius 2 is 2.00 bits per heavy atom. The van der Waals surface area contributed by atoms with Crippen LogP contribution in [0, 0.1) is 6.92 Å². The molecule has 0 aromatic heterocycles. The summed E-state index contributed by atoms with van der Waals surface area (Å²) in [6, 6.07) is 7.43. The van der Waals surface area contributed by atoms with Crippen LogP contribution in [0.1, 0.15) is 5.56 Å². The van der Waals surface area contributed by atoms with Crippen molar-refractivity contribution in [3.63, 3.8) is 0 Å². The molecule has 0 heterocycles. The predicted molar refractivity (Wildman–Crippen MR) is 55.1 cm³/mol. The summed E-state index contributed by atoms with van der Waals surface area (Å²) in [7, 11) is -1.73. The maximum atomic E-state index is 11.4. The molecule has 70 valence electrons. The summed E-state index contributed by atoms with van der Waals surface area (Å²) >= 11 is 5.40. The fraction of sp³-hybridized carbons (Fsp3) is 0.333. The number of hydrogen-bond acceptors (Lipinski definition) is 2. The van der Waals surface area contributed by atoms with E-state index in [4.69, 9.17) is 16.1 Å². The summed E-state index contributed by atoms with van der Waals surface area (Å²) in [5.41, 5.74) is 1.14.